The van der Waals surface area contributed by atoms with Crippen LogP contribution in [-0.4, -0.2) is 30.1 Å². The molecule has 0 unspecified atom stereocenters. The third kappa shape index (κ3) is 5.60. The fraction of sp³-hybridized carbons (Fsp3) is 0.250. The first kappa shape index (κ1) is 25.4. The molecule has 1 heterocycles. The van der Waals surface area contributed by atoms with Gasteiger partial charge in [-0.15, -0.1) is 0 Å². The van der Waals surface area contributed by atoms with Gasteiger partial charge in [0.1, 0.15) is 12.4 Å². The molecule has 0 radical (unpaired) electrons. The van der Waals surface area contributed by atoms with Gasteiger partial charge in [-0.1, -0.05) is 52.7 Å². The Morgan fingerprint density at radius 1 is 1.06 bits per heavy atom. The molecule has 7 nitrogen and oxygen atoms in total. The highest BCUT2D eigenvalue weighted by atomic mass is 79.9. The SMILES string of the molecule is CCCc1nc2ccc(Br)cc2c(=O)n1N=Cc1cc(OC)c(OCc2cccc(C)c2)c(OC)c1. The minimum atomic E-state index is -0.224. The van der Waals surface area contributed by atoms with Crippen molar-refractivity contribution in [2.24, 2.45) is 5.10 Å². The molecule has 4 aromatic rings. The van der Waals surface area contributed by atoms with Crippen LogP contribution in [-0.2, 0) is 13.0 Å². The van der Waals surface area contributed by atoms with Gasteiger partial charge in [-0.2, -0.15) is 9.78 Å². The molecule has 0 aliphatic rings. The van der Waals surface area contributed by atoms with E-state index in [-0.39, 0.29) is 5.56 Å². The minimum absolute atomic E-state index is 0.224. The molecule has 0 saturated heterocycles. The van der Waals surface area contributed by atoms with E-state index in [9.17, 15) is 4.79 Å². The molecule has 0 atom stereocenters. The van der Waals surface area contributed by atoms with Crippen molar-refractivity contribution in [1.29, 1.82) is 0 Å². The summed E-state index contributed by atoms with van der Waals surface area (Å²) in [6.45, 7) is 4.45. The van der Waals surface area contributed by atoms with E-state index < -0.39 is 0 Å². The summed E-state index contributed by atoms with van der Waals surface area (Å²) in [4.78, 5) is 17.9. The van der Waals surface area contributed by atoms with Gasteiger partial charge in [-0.3, -0.25) is 4.79 Å². The van der Waals surface area contributed by atoms with Gasteiger partial charge in [0.15, 0.2) is 11.5 Å². The standard InChI is InChI=1S/C28H28BrN3O4/c1-5-7-26-31-23-11-10-21(29)15-22(23)28(33)32(26)30-16-20-13-24(34-3)27(25(14-20)35-4)36-17-19-9-6-8-18(2)12-19/h6,8-16H,5,7,17H2,1-4H3. The normalized spacial score (nSPS) is 11.2. The number of rotatable bonds is 9. The maximum atomic E-state index is 13.3. The van der Waals surface area contributed by atoms with Gasteiger partial charge in [0.2, 0.25) is 5.75 Å². The Kier molecular flexibility index (Phi) is 8.05. The highest BCUT2D eigenvalue weighted by Gasteiger charge is 2.15. The summed E-state index contributed by atoms with van der Waals surface area (Å²) < 4.78 is 19.4. The molecule has 36 heavy (non-hydrogen) atoms. The molecule has 0 N–H and O–H groups in total. The fourth-order valence-corrected chi connectivity index (χ4v) is 4.26. The number of aromatic nitrogens is 2. The molecular weight excluding hydrogens is 522 g/mol. The smallest absolute Gasteiger partial charge is 0.282 e. The van der Waals surface area contributed by atoms with E-state index in [2.05, 4.69) is 32.1 Å². The molecule has 1 aromatic heterocycles. The predicted molar refractivity (Wildman–Crippen MR) is 146 cm³/mol. The van der Waals surface area contributed by atoms with E-state index in [0.717, 1.165) is 22.0 Å². The highest BCUT2D eigenvalue weighted by molar-refractivity contribution is 9.10. The zero-order valence-electron chi connectivity index (χ0n) is 20.7. The Hall–Kier alpha value is -3.65. The van der Waals surface area contributed by atoms with Gasteiger partial charge < -0.3 is 14.2 Å². The van der Waals surface area contributed by atoms with Crippen molar-refractivity contribution in [2.75, 3.05) is 14.2 Å². The molecule has 4 rings (SSSR count). The maximum absolute atomic E-state index is 13.3. The maximum Gasteiger partial charge on any atom is 0.282 e. The number of halogens is 1. The van der Waals surface area contributed by atoms with Crippen molar-refractivity contribution in [3.8, 4) is 17.2 Å². The number of methoxy groups -OCH3 is 2. The first-order chi connectivity index (χ1) is 17.4. The lowest BCUT2D eigenvalue weighted by Crippen LogP contribution is -2.22. The molecule has 0 amide bonds. The monoisotopic (exact) mass is 549 g/mol. The molecule has 0 spiro atoms. The quantitative estimate of drug-likeness (QED) is 0.243. The second-order valence-corrected chi connectivity index (χ2v) is 9.25. The molecule has 3 aromatic carbocycles. The number of hydrogen-bond acceptors (Lipinski definition) is 6. The molecule has 8 heteroatoms. The summed E-state index contributed by atoms with van der Waals surface area (Å²) in [5.41, 5.74) is 3.32. The zero-order valence-corrected chi connectivity index (χ0v) is 22.3. The largest absolute Gasteiger partial charge is 0.493 e. The number of ether oxygens (including phenoxy) is 3. The molecule has 0 aliphatic carbocycles. The fourth-order valence-electron chi connectivity index (χ4n) is 3.90. The lowest BCUT2D eigenvalue weighted by molar-refractivity contribution is 0.266. The van der Waals surface area contributed by atoms with Crippen LogP contribution >= 0.6 is 15.9 Å². The number of aryl methyl sites for hydroxylation is 2. The van der Waals surface area contributed by atoms with Crippen molar-refractivity contribution in [3.05, 3.63) is 91.9 Å². The Bertz CT molecular complexity index is 1450. The van der Waals surface area contributed by atoms with Crippen LogP contribution < -0.4 is 19.8 Å². The summed E-state index contributed by atoms with van der Waals surface area (Å²) in [5, 5.41) is 5.00. The number of fused-ring (bicyclic) bond motifs is 1. The second kappa shape index (κ2) is 11.4. The van der Waals surface area contributed by atoms with E-state index in [1.165, 1.54) is 4.68 Å². The van der Waals surface area contributed by atoms with E-state index in [1.807, 2.05) is 44.2 Å². The van der Waals surface area contributed by atoms with Crippen LogP contribution in [0.25, 0.3) is 10.9 Å². The lowest BCUT2D eigenvalue weighted by atomic mass is 10.1. The van der Waals surface area contributed by atoms with Crippen molar-refractivity contribution in [2.45, 2.75) is 33.3 Å². The van der Waals surface area contributed by atoms with Gasteiger partial charge in [0.05, 0.1) is 31.3 Å². The third-order valence-electron chi connectivity index (χ3n) is 5.62. The number of hydrogen-bond donors (Lipinski definition) is 0. The summed E-state index contributed by atoms with van der Waals surface area (Å²) in [6.07, 6.45) is 3.05. The lowest BCUT2D eigenvalue weighted by Gasteiger charge is -2.15. The van der Waals surface area contributed by atoms with Crippen molar-refractivity contribution < 1.29 is 14.2 Å². The average Bonchev–Trinajstić information content (AvgIpc) is 2.87. The third-order valence-corrected chi connectivity index (χ3v) is 6.11. The number of benzene rings is 3. The Morgan fingerprint density at radius 2 is 1.81 bits per heavy atom. The summed E-state index contributed by atoms with van der Waals surface area (Å²) in [5.74, 6) is 2.11. The van der Waals surface area contributed by atoms with Gasteiger partial charge in [-0.25, -0.2) is 4.98 Å². The first-order valence-corrected chi connectivity index (χ1v) is 12.4. The first-order valence-electron chi connectivity index (χ1n) is 11.6. The van der Waals surface area contributed by atoms with E-state index in [1.54, 1.807) is 38.6 Å². The average molecular weight is 550 g/mol. The van der Waals surface area contributed by atoms with Crippen molar-refractivity contribution in [1.82, 2.24) is 9.66 Å². The Balaban J connectivity index is 1.70. The van der Waals surface area contributed by atoms with Crippen LogP contribution in [0.5, 0.6) is 17.2 Å². The van der Waals surface area contributed by atoms with Crippen LogP contribution in [0, 0.1) is 6.92 Å². The van der Waals surface area contributed by atoms with Crippen LogP contribution in [0.15, 0.2) is 69.0 Å². The van der Waals surface area contributed by atoms with Gasteiger partial charge in [-0.05, 0) is 49.2 Å². The molecule has 0 saturated carbocycles. The van der Waals surface area contributed by atoms with E-state index in [0.29, 0.717) is 52.6 Å². The van der Waals surface area contributed by atoms with Crippen LogP contribution in [0.1, 0.15) is 35.9 Å². The Morgan fingerprint density at radius 3 is 2.47 bits per heavy atom. The van der Waals surface area contributed by atoms with Crippen LogP contribution in [0.3, 0.4) is 0 Å². The minimum Gasteiger partial charge on any atom is -0.493 e. The van der Waals surface area contributed by atoms with Gasteiger partial charge in [0.25, 0.3) is 5.56 Å². The molecular formula is C28H28BrN3O4. The van der Waals surface area contributed by atoms with Crippen molar-refractivity contribution in [3.63, 3.8) is 0 Å². The molecule has 0 fully saturated rings. The summed E-state index contributed by atoms with van der Waals surface area (Å²) in [7, 11) is 3.15. The van der Waals surface area contributed by atoms with Gasteiger partial charge >= 0.3 is 0 Å². The zero-order chi connectivity index (χ0) is 25.7. The highest BCUT2D eigenvalue weighted by Crippen LogP contribution is 2.38. The number of nitrogens with zero attached hydrogens (tertiary/aromatic N) is 3. The molecule has 186 valence electrons. The van der Waals surface area contributed by atoms with E-state index in [4.69, 9.17) is 14.2 Å². The predicted octanol–water partition coefficient (Wildman–Crippen LogP) is 5.90. The van der Waals surface area contributed by atoms with E-state index >= 15 is 0 Å². The van der Waals surface area contributed by atoms with Crippen LogP contribution in [0.4, 0.5) is 0 Å². The Labute approximate surface area is 218 Å². The van der Waals surface area contributed by atoms with Crippen LogP contribution in [0.2, 0.25) is 0 Å². The molecule has 0 aliphatic heterocycles. The molecule has 0 bridgehead atoms. The second-order valence-electron chi connectivity index (χ2n) is 8.33. The summed E-state index contributed by atoms with van der Waals surface area (Å²) >= 11 is 3.43. The van der Waals surface area contributed by atoms with Gasteiger partial charge in [0, 0.05) is 16.5 Å². The van der Waals surface area contributed by atoms with Crippen molar-refractivity contribution >= 4 is 33.0 Å². The summed E-state index contributed by atoms with van der Waals surface area (Å²) in [6, 6.07) is 17.2. The topological polar surface area (TPSA) is 74.9 Å².